The summed E-state index contributed by atoms with van der Waals surface area (Å²) in [6.07, 6.45) is 1.17. The molecule has 0 saturated carbocycles. The first-order valence-corrected chi connectivity index (χ1v) is 5.82. The van der Waals surface area contributed by atoms with Crippen LogP contribution in [-0.2, 0) is 0 Å². The highest BCUT2D eigenvalue weighted by molar-refractivity contribution is 6.00. The van der Waals surface area contributed by atoms with Crippen LogP contribution in [-0.4, -0.2) is 36.2 Å². The molecule has 7 heteroatoms. The van der Waals surface area contributed by atoms with E-state index in [1.54, 1.807) is 0 Å². The number of carbonyl (C=O) groups is 1. The van der Waals surface area contributed by atoms with Crippen LogP contribution in [0.2, 0.25) is 0 Å². The van der Waals surface area contributed by atoms with Crippen molar-refractivity contribution in [2.45, 2.75) is 12.8 Å². The normalized spacial score (nSPS) is 10.0. The summed E-state index contributed by atoms with van der Waals surface area (Å²) in [5.74, 6) is -0.393. The summed E-state index contributed by atoms with van der Waals surface area (Å²) >= 11 is 0. The Hall–Kier alpha value is -2.15. The number of carbonyl (C=O) groups excluding carboxylic acids is 1. The molecule has 7 nitrogen and oxygen atoms in total. The zero-order chi connectivity index (χ0) is 14.3. The Bertz CT molecular complexity index is 461. The van der Waals surface area contributed by atoms with Gasteiger partial charge in [-0.1, -0.05) is 6.07 Å². The molecule has 0 fully saturated rings. The summed E-state index contributed by atoms with van der Waals surface area (Å²) < 4.78 is 4.98. The van der Waals surface area contributed by atoms with Crippen molar-refractivity contribution < 1.29 is 19.6 Å². The maximum Gasteiger partial charge on any atom is 0.285 e. The average molecular weight is 268 g/mol. The van der Waals surface area contributed by atoms with Crippen LogP contribution in [0.5, 0.6) is 5.75 Å². The molecule has 0 atom stereocenters. The Morgan fingerprint density at radius 1 is 1.47 bits per heavy atom. The summed E-state index contributed by atoms with van der Waals surface area (Å²) in [4.78, 5) is 22.2. The Kier molecular flexibility index (Phi) is 5.74. The van der Waals surface area contributed by atoms with Crippen LogP contribution in [0.1, 0.15) is 23.2 Å². The minimum atomic E-state index is -0.620. The lowest BCUT2D eigenvalue weighted by atomic mass is 10.1. The van der Waals surface area contributed by atoms with Gasteiger partial charge in [-0.3, -0.25) is 14.9 Å². The van der Waals surface area contributed by atoms with Gasteiger partial charge in [0.25, 0.3) is 11.6 Å². The number of unbranched alkanes of at least 4 members (excludes halogenated alkanes) is 1. The minimum absolute atomic E-state index is 0.0463. The van der Waals surface area contributed by atoms with Gasteiger partial charge in [0.15, 0.2) is 5.56 Å². The van der Waals surface area contributed by atoms with Crippen LogP contribution in [0.4, 0.5) is 5.69 Å². The fraction of sp³-hybridized carbons (Fsp3) is 0.417. The molecule has 0 radical (unpaired) electrons. The van der Waals surface area contributed by atoms with Crippen molar-refractivity contribution in [1.29, 1.82) is 0 Å². The second kappa shape index (κ2) is 7.32. The number of hydrogen-bond donors (Lipinski definition) is 2. The second-order valence-electron chi connectivity index (χ2n) is 3.80. The van der Waals surface area contributed by atoms with Crippen LogP contribution >= 0.6 is 0 Å². The minimum Gasteiger partial charge on any atom is -0.496 e. The number of nitro groups is 1. The molecular formula is C12H16N2O5. The number of hydrogen-bond acceptors (Lipinski definition) is 5. The number of nitrogens with zero attached hydrogens (tertiary/aromatic N) is 1. The molecule has 104 valence electrons. The number of amides is 1. The summed E-state index contributed by atoms with van der Waals surface area (Å²) in [6, 6.07) is 4.21. The van der Waals surface area contributed by atoms with E-state index in [1.165, 1.54) is 25.3 Å². The molecule has 0 spiro atoms. The van der Waals surface area contributed by atoms with Gasteiger partial charge in [0.2, 0.25) is 0 Å². The van der Waals surface area contributed by atoms with Gasteiger partial charge >= 0.3 is 0 Å². The smallest absolute Gasteiger partial charge is 0.285 e. The highest BCUT2D eigenvalue weighted by atomic mass is 16.6. The van der Waals surface area contributed by atoms with Crippen LogP contribution < -0.4 is 10.1 Å². The fourth-order valence-electron chi connectivity index (χ4n) is 1.60. The van der Waals surface area contributed by atoms with Gasteiger partial charge in [-0.15, -0.1) is 0 Å². The standard InChI is InChI=1S/C12H16N2O5/c1-19-10-6-4-5-9(14(17)18)11(10)12(16)13-7-2-3-8-15/h4-6,15H,2-3,7-8H2,1H3,(H,13,16). The van der Waals surface area contributed by atoms with E-state index in [0.717, 1.165) is 0 Å². The van der Waals surface area contributed by atoms with E-state index < -0.39 is 10.8 Å². The van der Waals surface area contributed by atoms with Crippen molar-refractivity contribution in [2.75, 3.05) is 20.3 Å². The number of rotatable bonds is 7. The lowest BCUT2D eigenvalue weighted by Gasteiger charge is -2.09. The molecule has 0 aliphatic carbocycles. The Morgan fingerprint density at radius 2 is 2.21 bits per heavy atom. The van der Waals surface area contributed by atoms with E-state index in [1.807, 2.05) is 0 Å². The van der Waals surface area contributed by atoms with E-state index >= 15 is 0 Å². The van der Waals surface area contributed by atoms with Crippen molar-refractivity contribution in [1.82, 2.24) is 5.32 Å². The molecule has 0 unspecified atom stereocenters. The molecule has 1 aromatic carbocycles. The van der Waals surface area contributed by atoms with Crippen molar-refractivity contribution in [3.63, 3.8) is 0 Å². The van der Waals surface area contributed by atoms with Gasteiger partial charge in [0.05, 0.1) is 12.0 Å². The first-order valence-electron chi connectivity index (χ1n) is 5.82. The first kappa shape index (κ1) is 14.9. The number of aliphatic hydroxyl groups is 1. The predicted octanol–water partition coefficient (Wildman–Crippen LogP) is 1.11. The van der Waals surface area contributed by atoms with Crippen molar-refractivity contribution in [3.8, 4) is 5.75 Å². The third kappa shape index (κ3) is 3.92. The largest absolute Gasteiger partial charge is 0.496 e. The average Bonchev–Trinajstić information content (AvgIpc) is 2.42. The molecule has 2 N–H and O–H groups in total. The molecule has 0 aromatic heterocycles. The van der Waals surface area contributed by atoms with Gasteiger partial charge < -0.3 is 15.2 Å². The van der Waals surface area contributed by atoms with Crippen LogP contribution in [0, 0.1) is 10.1 Å². The molecule has 0 aliphatic rings. The van der Waals surface area contributed by atoms with E-state index in [4.69, 9.17) is 9.84 Å². The number of nitro benzene ring substituents is 1. The van der Waals surface area contributed by atoms with Gasteiger partial charge in [-0.05, 0) is 18.9 Å². The molecule has 1 aromatic rings. The molecule has 0 aliphatic heterocycles. The number of ether oxygens (including phenoxy) is 1. The molecule has 0 heterocycles. The predicted molar refractivity (Wildman–Crippen MR) is 68.3 cm³/mol. The zero-order valence-electron chi connectivity index (χ0n) is 10.6. The SMILES string of the molecule is COc1cccc([N+](=O)[O-])c1C(=O)NCCCCO. The van der Waals surface area contributed by atoms with E-state index in [-0.39, 0.29) is 23.6 Å². The number of nitrogens with one attached hydrogen (secondary N) is 1. The highest BCUT2D eigenvalue weighted by Gasteiger charge is 2.24. The summed E-state index contributed by atoms with van der Waals surface area (Å²) in [5, 5.41) is 22.1. The number of benzene rings is 1. The van der Waals surface area contributed by atoms with Crippen LogP contribution in [0.3, 0.4) is 0 Å². The molecule has 1 rings (SSSR count). The van der Waals surface area contributed by atoms with Gasteiger partial charge in [0, 0.05) is 19.2 Å². The zero-order valence-corrected chi connectivity index (χ0v) is 10.6. The third-order valence-electron chi connectivity index (χ3n) is 2.52. The molecule has 1 amide bonds. The molecule has 0 saturated heterocycles. The van der Waals surface area contributed by atoms with Crippen LogP contribution in [0.25, 0.3) is 0 Å². The van der Waals surface area contributed by atoms with E-state index in [0.29, 0.717) is 19.4 Å². The monoisotopic (exact) mass is 268 g/mol. The van der Waals surface area contributed by atoms with Crippen molar-refractivity contribution >= 4 is 11.6 Å². The maximum absolute atomic E-state index is 12.0. The maximum atomic E-state index is 12.0. The lowest BCUT2D eigenvalue weighted by molar-refractivity contribution is -0.385. The van der Waals surface area contributed by atoms with Gasteiger partial charge in [0.1, 0.15) is 5.75 Å². The quantitative estimate of drug-likeness (QED) is 0.438. The Labute approximate surface area is 110 Å². The van der Waals surface area contributed by atoms with Crippen LogP contribution in [0.15, 0.2) is 18.2 Å². The topological polar surface area (TPSA) is 102 Å². The third-order valence-corrected chi connectivity index (χ3v) is 2.52. The molecular weight excluding hydrogens is 252 g/mol. The van der Waals surface area contributed by atoms with Gasteiger partial charge in [-0.2, -0.15) is 0 Å². The Morgan fingerprint density at radius 3 is 2.79 bits per heavy atom. The Balaban J connectivity index is 2.90. The lowest BCUT2D eigenvalue weighted by Crippen LogP contribution is -2.26. The van der Waals surface area contributed by atoms with E-state index in [9.17, 15) is 14.9 Å². The summed E-state index contributed by atoms with van der Waals surface area (Å²) in [5.41, 5.74) is -0.377. The van der Waals surface area contributed by atoms with Crippen molar-refractivity contribution in [2.24, 2.45) is 0 Å². The molecule has 0 bridgehead atoms. The second-order valence-corrected chi connectivity index (χ2v) is 3.80. The number of methoxy groups -OCH3 is 1. The fourth-order valence-corrected chi connectivity index (χ4v) is 1.60. The first-order chi connectivity index (χ1) is 9.11. The highest BCUT2D eigenvalue weighted by Crippen LogP contribution is 2.27. The molecule has 19 heavy (non-hydrogen) atoms. The van der Waals surface area contributed by atoms with Gasteiger partial charge in [-0.25, -0.2) is 0 Å². The summed E-state index contributed by atoms with van der Waals surface area (Å²) in [7, 11) is 1.35. The summed E-state index contributed by atoms with van der Waals surface area (Å²) in [6.45, 7) is 0.388. The van der Waals surface area contributed by atoms with Crippen molar-refractivity contribution in [3.05, 3.63) is 33.9 Å². The van der Waals surface area contributed by atoms with E-state index in [2.05, 4.69) is 5.32 Å². The number of aliphatic hydroxyl groups excluding tert-OH is 1.